The van der Waals surface area contributed by atoms with Crippen molar-refractivity contribution in [3.8, 4) is 5.75 Å². The van der Waals surface area contributed by atoms with E-state index >= 15 is 0 Å². The Hall–Kier alpha value is -2.63. The van der Waals surface area contributed by atoms with E-state index in [1.165, 1.54) is 13.0 Å². The number of carboxylic acids is 1. The molecule has 1 heterocycles. The minimum Gasteiger partial charge on any atom is -0.534 e. The lowest BCUT2D eigenvalue weighted by Gasteiger charge is -2.29. The zero-order valence-corrected chi connectivity index (χ0v) is 16.0. The highest BCUT2D eigenvalue weighted by Gasteiger charge is 2.39. The van der Waals surface area contributed by atoms with Gasteiger partial charge in [-0.3, -0.25) is 9.59 Å². The number of rotatable bonds is 5. The maximum absolute atomic E-state index is 12.5. The predicted molar refractivity (Wildman–Crippen MR) is 104 cm³/mol. The van der Waals surface area contributed by atoms with E-state index in [9.17, 15) is 24.5 Å². The Morgan fingerprint density at radius 3 is 2.52 bits per heavy atom. The number of nitrogens with two attached hydrogens (primary N) is 2. The standard InChI is InChI=1S/C18H25BN4O6/c1-8(22-17(25)10-5-12(20)13(21)6-10)16(24)23-14-7-9-3-2-4-11(18(26)27)15(9)29-19(14)28/h2-4,8,10,12-14,28H,5-7,20-21H2,1H3,(H,22,25)(H,23,24)(H,26,27). The molecule has 0 aromatic heterocycles. The van der Waals surface area contributed by atoms with Crippen molar-refractivity contribution in [3.63, 3.8) is 0 Å². The number of fused-ring (bicyclic) bond motifs is 1. The summed E-state index contributed by atoms with van der Waals surface area (Å²) in [6.45, 7) is 1.54. The number of amides is 2. The molecule has 10 nitrogen and oxygen atoms in total. The molecule has 1 aromatic carbocycles. The van der Waals surface area contributed by atoms with Gasteiger partial charge >= 0.3 is 13.1 Å². The minimum atomic E-state index is -1.42. The fourth-order valence-electron chi connectivity index (χ4n) is 3.74. The molecule has 1 saturated carbocycles. The van der Waals surface area contributed by atoms with Gasteiger partial charge in [0.1, 0.15) is 11.8 Å². The summed E-state index contributed by atoms with van der Waals surface area (Å²) in [7, 11) is -1.42. The van der Waals surface area contributed by atoms with Gasteiger partial charge in [0, 0.05) is 18.0 Å². The van der Waals surface area contributed by atoms with Gasteiger partial charge in [0.2, 0.25) is 11.8 Å². The van der Waals surface area contributed by atoms with Crippen LogP contribution in [0.4, 0.5) is 0 Å². The van der Waals surface area contributed by atoms with Crippen LogP contribution in [-0.2, 0) is 16.0 Å². The largest absolute Gasteiger partial charge is 0.547 e. The van der Waals surface area contributed by atoms with Crippen LogP contribution in [0.5, 0.6) is 5.75 Å². The van der Waals surface area contributed by atoms with Crippen LogP contribution in [0.1, 0.15) is 35.7 Å². The lowest BCUT2D eigenvalue weighted by molar-refractivity contribution is -0.130. The third kappa shape index (κ3) is 4.52. The topological polar surface area (TPSA) is 177 Å². The van der Waals surface area contributed by atoms with Gasteiger partial charge in [0.05, 0.1) is 11.5 Å². The molecule has 2 amide bonds. The zero-order chi connectivity index (χ0) is 21.3. The van der Waals surface area contributed by atoms with Crippen LogP contribution in [0, 0.1) is 5.92 Å². The van der Waals surface area contributed by atoms with E-state index in [1.54, 1.807) is 12.1 Å². The fraction of sp³-hybridized carbons (Fsp3) is 0.500. The first kappa shape index (κ1) is 21.1. The number of hydrogen-bond acceptors (Lipinski definition) is 7. The van der Waals surface area contributed by atoms with Crippen molar-refractivity contribution >= 4 is 24.9 Å². The van der Waals surface area contributed by atoms with Gasteiger partial charge < -0.3 is 36.9 Å². The molecule has 156 valence electrons. The van der Waals surface area contributed by atoms with Crippen molar-refractivity contribution in [1.82, 2.24) is 10.6 Å². The number of para-hydroxylation sites is 1. The molecule has 4 atom stereocenters. The van der Waals surface area contributed by atoms with Crippen molar-refractivity contribution < 1.29 is 29.2 Å². The monoisotopic (exact) mass is 404 g/mol. The Morgan fingerprint density at radius 2 is 1.90 bits per heavy atom. The quantitative estimate of drug-likeness (QED) is 0.318. The van der Waals surface area contributed by atoms with Crippen LogP contribution in [0.25, 0.3) is 0 Å². The van der Waals surface area contributed by atoms with Gasteiger partial charge in [-0.25, -0.2) is 4.79 Å². The summed E-state index contributed by atoms with van der Waals surface area (Å²) in [5, 5.41) is 24.7. The van der Waals surface area contributed by atoms with Crippen molar-refractivity contribution in [2.75, 3.05) is 0 Å². The van der Waals surface area contributed by atoms with Crippen molar-refractivity contribution in [1.29, 1.82) is 0 Å². The molecule has 0 radical (unpaired) electrons. The van der Waals surface area contributed by atoms with Crippen LogP contribution in [-0.4, -0.2) is 59.1 Å². The van der Waals surface area contributed by atoms with Crippen LogP contribution in [0.15, 0.2) is 18.2 Å². The number of benzene rings is 1. The molecule has 0 bridgehead atoms. The smallest absolute Gasteiger partial charge is 0.534 e. The number of hydrogen-bond donors (Lipinski definition) is 6. The Kier molecular flexibility index (Phi) is 6.11. The Morgan fingerprint density at radius 1 is 1.24 bits per heavy atom. The minimum absolute atomic E-state index is 0.0556. The highest BCUT2D eigenvalue weighted by Crippen LogP contribution is 2.30. The molecule has 1 aliphatic carbocycles. The molecule has 4 unspecified atom stereocenters. The normalized spacial score (nSPS) is 26.8. The maximum atomic E-state index is 12.5. The summed E-state index contributed by atoms with van der Waals surface area (Å²) >= 11 is 0. The molecule has 0 saturated heterocycles. The molecule has 3 rings (SSSR count). The number of carboxylic acid groups (broad SMARTS) is 1. The average Bonchev–Trinajstić information content (AvgIpc) is 3.00. The van der Waals surface area contributed by atoms with Crippen LogP contribution >= 0.6 is 0 Å². The van der Waals surface area contributed by atoms with E-state index in [1.807, 2.05) is 0 Å². The molecule has 11 heteroatoms. The Bertz CT molecular complexity index is 812. The maximum Gasteiger partial charge on any atom is 0.547 e. The van der Waals surface area contributed by atoms with Gasteiger partial charge in [0.25, 0.3) is 0 Å². The van der Waals surface area contributed by atoms with Gasteiger partial charge in [0.15, 0.2) is 0 Å². The predicted octanol–water partition coefficient (Wildman–Crippen LogP) is -1.61. The summed E-state index contributed by atoms with van der Waals surface area (Å²) in [6.07, 6.45) is 1.13. The molecule has 0 spiro atoms. The molecule has 1 aromatic rings. The second-order valence-corrected chi connectivity index (χ2v) is 7.65. The van der Waals surface area contributed by atoms with Crippen LogP contribution in [0.2, 0.25) is 0 Å². The first-order valence-corrected chi connectivity index (χ1v) is 9.49. The fourth-order valence-corrected chi connectivity index (χ4v) is 3.74. The molecule has 2 aliphatic rings. The van der Waals surface area contributed by atoms with E-state index in [0.29, 0.717) is 18.4 Å². The highest BCUT2D eigenvalue weighted by atomic mass is 16.5. The average molecular weight is 404 g/mol. The number of nitrogens with one attached hydrogen (secondary N) is 2. The first-order chi connectivity index (χ1) is 13.7. The second-order valence-electron chi connectivity index (χ2n) is 7.65. The van der Waals surface area contributed by atoms with Crippen molar-refractivity contribution in [2.45, 2.75) is 50.3 Å². The molecule has 29 heavy (non-hydrogen) atoms. The second kappa shape index (κ2) is 8.40. The van der Waals surface area contributed by atoms with E-state index in [-0.39, 0.29) is 41.6 Å². The van der Waals surface area contributed by atoms with Gasteiger partial charge in [-0.2, -0.15) is 0 Å². The highest BCUT2D eigenvalue weighted by molar-refractivity contribution is 6.47. The van der Waals surface area contributed by atoms with E-state index in [2.05, 4.69) is 10.6 Å². The summed E-state index contributed by atoms with van der Waals surface area (Å²) in [4.78, 5) is 36.1. The Labute approximate surface area is 168 Å². The summed E-state index contributed by atoms with van der Waals surface area (Å²) < 4.78 is 5.35. The lowest BCUT2D eigenvalue weighted by atomic mass is 9.72. The van der Waals surface area contributed by atoms with Crippen LogP contribution in [0.3, 0.4) is 0 Å². The molecular weight excluding hydrogens is 379 g/mol. The third-order valence-electron chi connectivity index (χ3n) is 5.46. The molecule has 1 aliphatic heterocycles. The molecular formula is C18H25BN4O6. The number of aromatic carboxylic acids is 1. The van der Waals surface area contributed by atoms with Crippen molar-refractivity contribution in [3.05, 3.63) is 29.3 Å². The zero-order valence-electron chi connectivity index (χ0n) is 16.0. The lowest BCUT2D eigenvalue weighted by Crippen LogP contribution is -2.57. The van der Waals surface area contributed by atoms with E-state index < -0.39 is 31.0 Å². The van der Waals surface area contributed by atoms with E-state index in [4.69, 9.17) is 16.1 Å². The van der Waals surface area contributed by atoms with Crippen molar-refractivity contribution in [2.24, 2.45) is 17.4 Å². The number of carbonyl (C=O) groups excluding carboxylic acids is 2. The summed E-state index contributed by atoms with van der Waals surface area (Å²) in [6, 6.07) is 3.31. The summed E-state index contributed by atoms with van der Waals surface area (Å²) in [5.41, 5.74) is 12.2. The SMILES string of the molecule is CC(NC(=O)C1CC(N)C(N)C1)C(=O)NC1Cc2cccc(C(=O)O)c2OB1O. The van der Waals surface area contributed by atoms with Gasteiger partial charge in [-0.05, 0) is 37.8 Å². The van der Waals surface area contributed by atoms with Crippen LogP contribution < -0.4 is 26.8 Å². The van der Waals surface area contributed by atoms with E-state index in [0.717, 1.165) is 0 Å². The number of carbonyl (C=O) groups is 3. The molecule has 8 N–H and O–H groups in total. The first-order valence-electron chi connectivity index (χ1n) is 9.49. The summed E-state index contributed by atoms with van der Waals surface area (Å²) in [5.74, 6) is -2.97. The van der Waals surface area contributed by atoms with Gasteiger partial charge in [-0.15, -0.1) is 0 Å². The third-order valence-corrected chi connectivity index (χ3v) is 5.46. The van der Waals surface area contributed by atoms with Gasteiger partial charge in [-0.1, -0.05) is 12.1 Å². The Balaban J connectivity index is 1.60. The molecule has 1 fully saturated rings.